The van der Waals surface area contributed by atoms with Crippen molar-refractivity contribution in [3.63, 3.8) is 0 Å². The van der Waals surface area contributed by atoms with Crippen LogP contribution in [0.5, 0.6) is 0 Å². The van der Waals surface area contributed by atoms with Gasteiger partial charge in [0.1, 0.15) is 0 Å². The maximum Gasteiger partial charge on any atom is 0.254 e. The molecule has 2 aromatic heterocycles. The molecule has 1 amide bonds. The summed E-state index contributed by atoms with van der Waals surface area (Å²) >= 11 is 0. The first-order valence-electron chi connectivity index (χ1n) is 9.23. The molecule has 3 aromatic rings. The Bertz CT molecular complexity index is 941. The summed E-state index contributed by atoms with van der Waals surface area (Å²) in [6.45, 7) is 5.30. The van der Waals surface area contributed by atoms with Crippen LogP contribution < -0.4 is 0 Å². The summed E-state index contributed by atoms with van der Waals surface area (Å²) in [5.74, 6) is 1.43. The Morgan fingerprint density at radius 1 is 1.07 bits per heavy atom. The monoisotopic (exact) mass is 362 g/mol. The van der Waals surface area contributed by atoms with Crippen molar-refractivity contribution in [1.29, 1.82) is 0 Å². The second-order valence-electron chi connectivity index (χ2n) is 7.02. The van der Waals surface area contributed by atoms with Gasteiger partial charge in [-0.15, -0.1) is 10.2 Å². The Kier molecular flexibility index (Phi) is 4.71. The van der Waals surface area contributed by atoms with E-state index in [0.717, 1.165) is 35.2 Å². The molecule has 0 radical (unpaired) electrons. The predicted octanol–water partition coefficient (Wildman–Crippen LogP) is 3.77. The number of rotatable bonds is 3. The highest BCUT2D eigenvalue weighted by Gasteiger charge is 2.28. The minimum Gasteiger partial charge on any atom is -0.420 e. The first kappa shape index (κ1) is 17.4. The second-order valence-corrected chi connectivity index (χ2v) is 7.02. The second kappa shape index (κ2) is 7.31. The average molecular weight is 362 g/mol. The van der Waals surface area contributed by atoms with Crippen molar-refractivity contribution >= 4 is 5.91 Å². The number of aromatic nitrogens is 3. The van der Waals surface area contributed by atoms with Crippen molar-refractivity contribution in [2.45, 2.75) is 32.6 Å². The van der Waals surface area contributed by atoms with Crippen LogP contribution in [0.2, 0.25) is 0 Å². The third-order valence-corrected chi connectivity index (χ3v) is 5.11. The molecule has 1 aliphatic rings. The van der Waals surface area contributed by atoms with Gasteiger partial charge in [0.25, 0.3) is 5.91 Å². The van der Waals surface area contributed by atoms with Crippen LogP contribution in [0.3, 0.4) is 0 Å². The van der Waals surface area contributed by atoms with Gasteiger partial charge in [-0.2, -0.15) is 0 Å². The maximum absolute atomic E-state index is 12.7. The van der Waals surface area contributed by atoms with E-state index in [-0.39, 0.29) is 11.8 Å². The molecule has 0 spiro atoms. The number of likely N-dealkylation sites (tertiary alicyclic amines) is 1. The van der Waals surface area contributed by atoms with Crippen LogP contribution in [0.1, 0.15) is 46.3 Å². The highest BCUT2D eigenvalue weighted by atomic mass is 16.4. The molecule has 27 heavy (non-hydrogen) atoms. The number of pyridine rings is 1. The number of nitrogens with zero attached hydrogens (tertiary/aromatic N) is 4. The molecule has 1 aliphatic heterocycles. The number of hydrogen-bond acceptors (Lipinski definition) is 5. The molecule has 0 N–H and O–H groups in total. The van der Waals surface area contributed by atoms with Gasteiger partial charge in [-0.25, -0.2) is 0 Å². The first-order valence-corrected chi connectivity index (χ1v) is 9.23. The molecule has 0 atom stereocenters. The van der Waals surface area contributed by atoms with Gasteiger partial charge in [0, 0.05) is 36.5 Å². The zero-order valence-electron chi connectivity index (χ0n) is 15.6. The van der Waals surface area contributed by atoms with Gasteiger partial charge in [-0.1, -0.05) is 18.2 Å². The fourth-order valence-corrected chi connectivity index (χ4v) is 3.42. The van der Waals surface area contributed by atoms with E-state index >= 15 is 0 Å². The lowest BCUT2D eigenvalue weighted by molar-refractivity contribution is 0.0705. The summed E-state index contributed by atoms with van der Waals surface area (Å²) in [4.78, 5) is 18.9. The molecule has 1 saturated heterocycles. The third kappa shape index (κ3) is 3.60. The number of carbonyl (C=O) groups is 1. The molecule has 6 nitrogen and oxygen atoms in total. The normalized spacial score (nSPS) is 15.1. The minimum absolute atomic E-state index is 0.100. The van der Waals surface area contributed by atoms with Crippen molar-refractivity contribution in [1.82, 2.24) is 20.1 Å². The third-order valence-electron chi connectivity index (χ3n) is 5.11. The Hall–Kier alpha value is -3.02. The van der Waals surface area contributed by atoms with Crippen molar-refractivity contribution in [3.8, 4) is 11.5 Å². The van der Waals surface area contributed by atoms with Gasteiger partial charge in [0.15, 0.2) is 0 Å². The lowest BCUT2D eigenvalue weighted by Gasteiger charge is -2.30. The number of hydrogen-bond donors (Lipinski definition) is 0. The van der Waals surface area contributed by atoms with Gasteiger partial charge < -0.3 is 9.32 Å². The zero-order valence-corrected chi connectivity index (χ0v) is 15.6. The SMILES string of the molecule is Cc1ccc(-c2nnc(C3CCN(C(=O)c4ccccc4C)CC3)o2)cn1. The van der Waals surface area contributed by atoms with E-state index in [1.165, 1.54) is 0 Å². The van der Waals surface area contributed by atoms with Crippen molar-refractivity contribution in [2.75, 3.05) is 13.1 Å². The van der Waals surface area contributed by atoms with Gasteiger partial charge in [0.05, 0.1) is 5.56 Å². The van der Waals surface area contributed by atoms with Gasteiger partial charge >= 0.3 is 0 Å². The molecule has 1 fully saturated rings. The molecular weight excluding hydrogens is 340 g/mol. The number of piperidine rings is 1. The first-order chi connectivity index (χ1) is 13.1. The van der Waals surface area contributed by atoms with E-state index in [4.69, 9.17) is 4.42 Å². The molecule has 3 heterocycles. The van der Waals surface area contributed by atoms with E-state index < -0.39 is 0 Å². The minimum atomic E-state index is 0.100. The largest absolute Gasteiger partial charge is 0.420 e. The predicted molar refractivity (Wildman–Crippen MR) is 101 cm³/mol. The van der Waals surface area contributed by atoms with Gasteiger partial charge in [-0.05, 0) is 50.5 Å². The summed E-state index contributed by atoms with van der Waals surface area (Å²) in [5.41, 5.74) is 3.57. The summed E-state index contributed by atoms with van der Waals surface area (Å²) < 4.78 is 5.88. The Labute approximate surface area is 158 Å². The smallest absolute Gasteiger partial charge is 0.254 e. The van der Waals surface area contributed by atoms with E-state index in [2.05, 4.69) is 15.2 Å². The highest BCUT2D eigenvalue weighted by molar-refractivity contribution is 5.95. The van der Waals surface area contributed by atoms with E-state index in [1.54, 1.807) is 6.20 Å². The summed E-state index contributed by atoms with van der Waals surface area (Å²) in [7, 11) is 0. The van der Waals surface area contributed by atoms with Crippen molar-refractivity contribution in [3.05, 3.63) is 65.3 Å². The fourth-order valence-electron chi connectivity index (χ4n) is 3.42. The molecule has 0 saturated carbocycles. The Morgan fingerprint density at radius 3 is 2.56 bits per heavy atom. The Balaban J connectivity index is 1.42. The molecule has 0 bridgehead atoms. The lowest BCUT2D eigenvalue weighted by Crippen LogP contribution is -2.38. The molecule has 4 rings (SSSR count). The topological polar surface area (TPSA) is 72.1 Å². The van der Waals surface area contributed by atoms with Crippen LogP contribution in [0.4, 0.5) is 0 Å². The molecule has 0 unspecified atom stereocenters. The van der Waals surface area contributed by atoms with Crippen LogP contribution >= 0.6 is 0 Å². The van der Waals surface area contributed by atoms with Crippen LogP contribution in [-0.2, 0) is 0 Å². The van der Waals surface area contributed by atoms with Crippen LogP contribution in [-0.4, -0.2) is 39.1 Å². The highest BCUT2D eigenvalue weighted by Crippen LogP contribution is 2.30. The summed E-state index contributed by atoms with van der Waals surface area (Å²) in [5, 5.41) is 8.40. The number of amides is 1. The van der Waals surface area contributed by atoms with Crippen LogP contribution in [0.25, 0.3) is 11.5 Å². The van der Waals surface area contributed by atoms with Crippen molar-refractivity contribution in [2.24, 2.45) is 0 Å². The fraction of sp³-hybridized carbons (Fsp3) is 0.333. The maximum atomic E-state index is 12.7. The zero-order chi connectivity index (χ0) is 18.8. The van der Waals surface area contributed by atoms with Crippen LogP contribution in [0.15, 0.2) is 47.0 Å². The quantitative estimate of drug-likeness (QED) is 0.709. The van der Waals surface area contributed by atoms with Crippen LogP contribution in [0, 0.1) is 13.8 Å². The molecule has 6 heteroatoms. The standard InChI is InChI=1S/C21H22N4O2/c1-14-5-3-4-6-18(14)21(26)25-11-9-16(10-12-25)19-23-24-20(27-19)17-8-7-15(2)22-13-17/h3-8,13,16H,9-12H2,1-2H3. The van der Waals surface area contributed by atoms with E-state index in [9.17, 15) is 4.79 Å². The van der Waals surface area contributed by atoms with E-state index in [1.807, 2.05) is 55.1 Å². The van der Waals surface area contributed by atoms with Gasteiger partial charge in [-0.3, -0.25) is 9.78 Å². The number of benzene rings is 1. The summed E-state index contributed by atoms with van der Waals surface area (Å²) in [6.07, 6.45) is 3.40. The molecule has 138 valence electrons. The lowest BCUT2D eigenvalue weighted by atomic mass is 9.96. The van der Waals surface area contributed by atoms with Gasteiger partial charge in [0.2, 0.25) is 11.8 Å². The molecule has 1 aromatic carbocycles. The number of carbonyl (C=O) groups excluding carboxylic acids is 1. The number of aryl methyl sites for hydroxylation is 2. The van der Waals surface area contributed by atoms with Crippen molar-refractivity contribution < 1.29 is 9.21 Å². The van der Waals surface area contributed by atoms with E-state index in [0.29, 0.717) is 24.9 Å². The average Bonchev–Trinajstić information content (AvgIpc) is 3.19. The Morgan fingerprint density at radius 2 is 1.85 bits per heavy atom. The molecular formula is C21H22N4O2. The summed E-state index contributed by atoms with van der Waals surface area (Å²) in [6, 6.07) is 11.6. The molecule has 0 aliphatic carbocycles.